The Balaban J connectivity index is 0.00000288. The van der Waals surface area contributed by atoms with E-state index >= 15 is 0 Å². The summed E-state index contributed by atoms with van der Waals surface area (Å²) in [6.07, 6.45) is 0. The summed E-state index contributed by atoms with van der Waals surface area (Å²) >= 11 is 7.86. The molecule has 0 aliphatic carbocycles. The van der Waals surface area contributed by atoms with Gasteiger partial charge in [-0.15, -0.1) is 35.3 Å². The zero-order chi connectivity index (χ0) is 16.9. The molecular formula is C17H24ClIN4S. The molecule has 0 bridgehead atoms. The van der Waals surface area contributed by atoms with Gasteiger partial charge >= 0.3 is 0 Å². The highest BCUT2D eigenvalue weighted by Crippen LogP contribution is 2.25. The van der Waals surface area contributed by atoms with Gasteiger partial charge in [0.1, 0.15) is 0 Å². The minimum absolute atomic E-state index is 0. The summed E-state index contributed by atoms with van der Waals surface area (Å²) in [4.78, 5) is 8.90. The van der Waals surface area contributed by atoms with Crippen LogP contribution >= 0.6 is 46.9 Å². The highest BCUT2D eigenvalue weighted by Gasteiger charge is 2.17. The van der Waals surface area contributed by atoms with Gasteiger partial charge in [0.15, 0.2) is 5.96 Å². The third-order valence-corrected chi connectivity index (χ3v) is 4.94. The van der Waals surface area contributed by atoms with E-state index in [0.29, 0.717) is 13.1 Å². The minimum Gasteiger partial charge on any atom is -0.352 e. The monoisotopic (exact) mass is 478 g/mol. The molecule has 1 aromatic carbocycles. The maximum atomic E-state index is 6.16. The third-order valence-electron chi connectivity index (χ3n) is 3.26. The predicted octanol–water partition coefficient (Wildman–Crippen LogP) is 4.58. The molecule has 1 aromatic heterocycles. The van der Waals surface area contributed by atoms with Crippen LogP contribution in [-0.2, 0) is 18.5 Å². The molecular weight excluding hydrogens is 455 g/mol. The van der Waals surface area contributed by atoms with Gasteiger partial charge < -0.3 is 10.6 Å². The Morgan fingerprint density at radius 3 is 2.46 bits per heavy atom. The van der Waals surface area contributed by atoms with Gasteiger partial charge in [-0.1, -0.05) is 50.6 Å². The van der Waals surface area contributed by atoms with Gasteiger partial charge in [0.2, 0.25) is 0 Å². The average Bonchev–Trinajstić information content (AvgIpc) is 2.98. The van der Waals surface area contributed by atoms with Crippen LogP contribution in [0.15, 0.2) is 34.6 Å². The Morgan fingerprint density at radius 1 is 1.21 bits per heavy atom. The molecule has 0 unspecified atom stereocenters. The Hall–Kier alpha value is -0.860. The van der Waals surface area contributed by atoms with Crippen LogP contribution in [-0.4, -0.2) is 18.0 Å². The fraction of sp³-hybridized carbons (Fsp3) is 0.412. The fourth-order valence-corrected chi connectivity index (χ4v) is 3.06. The highest BCUT2D eigenvalue weighted by atomic mass is 127. The quantitative estimate of drug-likeness (QED) is 0.384. The summed E-state index contributed by atoms with van der Waals surface area (Å²) in [5, 5.41) is 10.5. The van der Waals surface area contributed by atoms with Crippen LogP contribution < -0.4 is 10.6 Å². The number of halogens is 2. The molecule has 1 heterocycles. The van der Waals surface area contributed by atoms with Crippen LogP contribution in [0.25, 0.3) is 0 Å². The number of aliphatic imine (C=N–C) groups is 1. The molecule has 2 rings (SSSR count). The van der Waals surface area contributed by atoms with Crippen molar-refractivity contribution in [3.8, 4) is 0 Å². The molecule has 0 amide bonds. The molecule has 2 aromatic rings. The van der Waals surface area contributed by atoms with Gasteiger partial charge in [0, 0.05) is 29.4 Å². The lowest BCUT2D eigenvalue weighted by Crippen LogP contribution is -2.36. The normalized spacial score (nSPS) is 11.8. The maximum absolute atomic E-state index is 6.16. The van der Waals surface area contributed by atoms with Gasteiger partial charge in [0.05, 0.1) is 17.2 Å². The molecule has 0 aliphatic heterocycles. The van der Waals surface area contributed by atoms with Gasteiger partial charge in [-0.25, -0.2) is 4.98 Å². The van der Waals surface area contributed by atoms with E-state index < -0.39 is 0 Å². The first kappa shape index (κ1) is 21.2. The van der Waals surface area contributed by atoms with Crippen LogP contribution in [0.3, 0.4) is 0 Å². The average molecular weight is 479 g/mol. The highest BCUT2D eigenvalue weighted by molar-refractivity contribution is 14.0. The summed E-state index contributed by atoms with van der Waals surface area (Å²) in [6, 6.07) is 7.78. The molecule has 0 aliphatic rings. The smallest absolute Gasteiger partial charge is 0.191 e. The van der Waals surface area contributed by atoms with Crippen LogP contribution in [0.2, 0.25) is 5.02 Å². The summed E-state index contributed by atoms with van der Waals surface area (Å²) in [7, 11) is 1.75. The zero-order valence-electron chi connectivity index (χ0n) is 14.4. The van der Waals surface area contributed by atoms with E-state index in [0.717, 1.165) is 27.2 Å². The number of benzene rings is 1. The number of thiazole rings is 1. The lowest BCUT2D eigenvalue weighted by Gasteiger charge is -2.14. The van der Waals surface area contributed by atoms with E-state index in [1.807, 2.05) is 24.3 Å². The van der Waals surface area contributed by atoms with Crippen molar-refractivity contribution in [1.82, 2.24) is 15.6 Å². The number of hydrogen-bond acceptors (Lipinski definition) is 3. The van der Waals surface area contributed by atoms with Crippen molar-refractivity contribution in [1.29, 1.82) is 0 Å². The van der Waals surface area contributed by atoms with Crippen molar-refractivity contribution >= 4 is 52.9 Å². The van der Waals surface area contributed by atoms with Crippen LogP contribution in [0, 0.1) is 0 Å². The fourth-order valence-electron chi connectivity index (χ4n) is 1.95. The third kappa shape index (κ3) is 6.22. The Kier molecular flexibility index (Phi) is 8.45. The van der Waals surface area contributed by atoms with Crippen molar-refractivity contribution in [3.05, 3.63) is 50.9 Å². The van der Waals surface area contributed by atoms with Gasteiger partial charge in [-0.05, 0) is 11.6 Å². The van der Waals surface area contributed by atoms with E-state index in [2.05, 4.69) is 46.8 Å². The minimum atomic E-state index is 0. The Bertz CT molecular complexity index is 679. The zero-order valence-corrected chi connectivity index (χ0v) is 18.3. The molecule has 0 spiro atoms. The van der Waals surface area contributed by atoms with E-state index in [9.17, 15) is 0 Å². The largest absolute Gasteiger partial charge is 0.352 e. The Labute approximate surface area is 170 Å². The molecule has 132 valence electrons. The van der Waals surface area contributed by atoms with Gasteiger partial charge in [-0.2, -0.15) is 0 Å². The standard InChI is InChI=1S/C17H23ClN4S.HI/c1-17(2,3)15-22-13(11-23-15)10-21-16(19-4)20-9-12-7-5-6-8-14(12)18;/h5-8,11H,9-10H2,1-4H3,(H2,19,20,21);1H. The van der Waals surface area contributed by atoms with E-state index in [4.69, 9.17) is 11.6 Å². The molecule has 0 atom stereocenters. The molecule has 4 nitrogen and oxygen atoms in total. The number of guanidine groups is 1. The first-order valence-corrected chi connectivity index (χ1v) is 8.78. The van der Waals surface area contributed by atoms with E-state index in [1.165, 1.54) is 0 Å². The molecule has 24 heavy (non-hydrogen) atoms. The number of nitrogens with one attached hydrogen (secondary N) is 2. The second-order valence-electron chi connectivity index (χ2n) is 6.26. The second-order valence-corrected chi connectivity index (χ2v) is 7.53. The predicted molar refractivity (Wildman–Crippen MR) is 115 cm³/mol. The summed E-state index contributed by atoms with van der Waals surface area (Å²) in [5.41, 5.74) is 2.16. The molecule has 0 saturated heterocycles. The van der Waals surface area contributed by atoms with Crippen molar-refractivity contribution in [2.45, 2.75) is 39.3 Å². The van der Waals surface area contributed by atoms with Crippen LogP contribution in [0.4, 0.5) is 0 Å². The first-order chi connectivity index (χ1) is 10.9. The van der Waals surface area contributed by atoms with Crippen molar-refractivity contribution < 1.29 is 0 Å². The first-order valence-electron chi connectivity index (χ1n) is 7.53. The number of hydrogen-bond donors (Lipinski definition) is 2. The number of rotatable bonds is 4. The lowest BCUT2D eigenvalue weighted by molar-refractivity contribution is 0.582. The van der Waals surface area contributed by atoms with Gasteiger partial charge in [0.25, 0.3) is 0 Å². The SMILES string of the molecule is CN=C(NCc1csc(C(C)(C)C)n1)NCc1ccccc1Cl.I. The van der Waals surface area contributed by atoms with E-state index in [-0.39, 0.29) is 29.4 Å². The topological polar surface area (TPSA) is 49.3 Å². The van der Waals surface area contributed by atoms with Crippen molar-refractivity contribution in [2.75, 3.05) is 7.05 Å². The molecule has 2 N–H and O–H groups in total. The van der Waals surface area contributed by atoms with Crippen molar-refractivity contribution in [2.24, 2.45) is 4.99 Å². The maximum Gasteiger partial charge on any atom is 0.191 e. The van der Waals surface area contributed by atoms with Crippen molar-refractivity contribution in [3.63, 3.8) is 0 Å². The Morgan fingerprint density at radius 2 is 1.88 bits per heavy atom. The number of aromatic nitrogens is 1. The molecule has 0 fully saturated rings. The van der Waals surface area contributed by atoms with Gasteiger partial charge in [-0.3, -0.25) is 4.99 Å². The van der Waals surface area contributed by atoms with Crippen LogP contribution in [0.1, 0.15) is 37.0 Å². The number of nitrogens with zero attached hydrogens (tertiary/aromatic N) is 2. The molecule has 0 saturated carbocycles. The summed E-state index contributed by atoms with van der Waals surface area (Å²) in [5.74, 6) is 0.732. The van der Waals surface area contributed by atoms with Crippen LogP contribution in [0.5, 0.6) is 0 Å². The summed E-state index contributed by atoms with van der Waals surface area (Å²) in [6.45, 7) is 7.80. The summed E-state index contributed by atoms with van der Waals surface area (Å²) < 4.78 is 0. The lowest BCUT2D eigenvalue weighted by atomic mass is 9.98. The molecule has 7 heteroatoms. The molecule has 0 radical (unpaired) electrons. The second kappa shape index (κ2) is 9.58. The van der Waals surface area contributed by atoms with E-state index in [1.54, 1.807) is 18.4 Å².